The number of carbonyl (C=O) groups is 2. The van der Waals surface area contributed by atoms with Gasteiger partial charge in [0.15, 0.2) is 6.61 Å². The summed E-state index contributed by atoms with van der Waals surface area (Å²) in [7, 11) is 0. The first-order chi connectivity index (χ1) is 9.79. The van der Waals surface area contributed by atoms with Gasteiger partial charge in [0.2, 0.25) is 0 Å². The maximum atomic E-state index is 11.8. The van der Waals surface area contributed by atoms with Crippen molar-refractivity contribution in [2.24, 2.45) is 5.92 Å². The van der Waals surface area contributed by atoms with Crippen LogP contribution in [0.25, 0.3) is 0 Å². The van der Waals surface area contributed by atoms with Gasteiger partial charge in [-0.3, -0.25) is 4.79 Å². The van der Waals surface area contributed by atoms with E-state index in [0.29, 0.717) is 12.2 Å². The highest BCUT2D eigenvalue weighted by atomic mass is 16.5. The Bertz CT molecular complexity index is 511. The lowest BCUT2D eigenvalue weighted by atomic mass is 10.0. The van der Waals surface area contributed by atoms with Gasteiger partial charge in [0.05, 0.1) is 0 Å². The van der Waals surface area contributed by atoms with Crippen LogP contribution < -0.4 is 10.1 Å². The molecule has 0 bridgehead atoms. The van der Waals surface area contributed by atoms with Crippen molar-refractivity contribution in [3.63, 3.8) is 0 Å². The van der Waals surface area contributed by atoms with Gasteiger partial charge in [0, 0.05) is 0 Å². The number of ether oxygens (including phenoxy) is 1. The summed E-state index contributed by atoms with van der Waals surface area (Å²) in [4.78, 5) is 22.9. The van der Waals surface area contributed by atoms with E-state index in [1.165, 1.54) is 0 Å². The standard InChI is InChI=1S/C16H23NO4/c1-10(2)7-13(16(19)20)17-15(18)9-21-14-8-11(3)5-6-12(14)4/h5-6,8,10,13H,7,9H2,1-4H3,(H,17,18)(H,19,20)/t13-/m0/s1. The second kappa shape index (κ2) is 7.67. The van der Waals surface area contributed by atoms with E-state index in [1.54, 1.807) is 0 Å². The quantitative estimate of drug-likeness (QED) is 0.809. The van der Waals surface area contributed by atoms with E-state index in [-0.39, 0.29) is 12.5 Å². The third-order valence-corrected chi connectivity index (χ3v) is 3.04. The van der Waals surface area contributed by atoms with E-state index in [0.717, 1.165) is 11.1 Å². The molecular formula is C16H23NO4. The number of rotatable bonds is 7. The van der Waals surface area contributed by atoms with Crippen LogP contribution in [-0.2, 0) is 9.59 Å². The maximum Gasteiger partial charge on any atom is 0.326 e. The van der Waals surface area contributed by atoms with Gasteiger partial charge >= 0.3 is 5.97 Å². The number of carboxylic acids is 1. The molecule has 0 aliphatic carbocycles. The minimum absolute atomic E-state index is 0.186. The molecule has 1 aromatic rings. The molecule has 1 atom stereocenters. The molecule has 0 spiro atoms. The summed E-state index contributed by atoms with van der Waals surface area (Å²) in [5.41, 5.74) is 1.98. The summed E-state index contributed by atoms with van der Waals surface area (Å²) < 4.78 is 5.46. The smallest absolute Gasteiger partial charge is 0.326 e. The normalized spacial score (nSPS) is 12.0. The molecule has 1 rings (SSSR count). The number of aryl methyl sites for hydroxylation is 2. The van der Waals surface area contributed by atoms with Crippen LogP contribution in [0.1, 0.15) is 31.4 Å². The molecule has 0 aliphatic heterocycles. The van der Waals surface area contributed by atoms with Crippen LogP contribution in [0.5, 0.6) is 5.75 Å². The molecule has 0 heterocycles. The van der Waals surface area contributed by atoms with Crippen molar-refractivity contribution in [3.05, 3.63) is 29.3 Å². The van der Waals surface area contributed by atoms with Crippen molar-refractivity contribution >= 4 is 11.9 Å². The third-order valence-electron chi connectivity index (χ3n) is 3.04. The van der Waals surface area contributed by atoms with Crippen LogP contribution in [-0.4, -0.2) is 29.6 Å². The van der Waals surface area contributed by atoms with Gasteiger partial charge in [-0.1, -0.05) is 26.0 Å². The zero-order valence-corrected chi connectivity index (χ0v) is 13.0. The fraction of sp³-hybridized carbons (Fsp3) is 0.500. The lowest BCUT2D eigenvalue weighted by molar-refractivity contribution is -0.142. The predicted molar refractivity (Wildman–Crippen MR) is 80.4 cm³/mol. The molecule has 0 aromatic heterocycles. The minimum Gasteiger partial charge on any atom is -0.483 e. The lowest BCUT2D eigenvalue weighted by Gasteiger charge is -2.17. The SMILES string of the molecule is Cc1ccc(C)c(OCC(=O)N[C@@H](CC(C)C)C(=O)O)c1. The van der Waals surface area contributed by atoms with Crippen LogP contribution in [0, 0.1) is 19.8 Å². The number of nitrogens with one attached hydrogen (secondary N) is 1. The van der Waals surface area contributed by atoms with Gasteiger partial charge in [0.25, 0.3) is 5.91 Å². The number of hydrogen-bond donors (Lipinski definition) is 2. The van der Waals surface area contributed by atoms with E-state index in [2.05, 4.69) is 5.32 Å². The predicted octanol–water partition coefficient (Wildman–Crippen LogP) is 2.30. The van der Waals surface area contributed by atoms with E-state index in [4.69, 9.17) is 9.84 Å². The Hall–Kier alpha value is -2.04. The molecule has 0 saturated heterocycles. The summed E-state index contributed by atoms with van der Waals surface area (Å²) in [6.45, 7) is 7.47. The second-order valence-corrected chi connectivity index (χ2v) is 5.65. The molecule has 116 valence electrons. The zero-order chi connectivity index (χ0) is 16.0. The first-order valence-corrected chi connectivity index (χ1v) is 7.01. The summed E-state index contributed by atoms with van der Waals surface area (Å²) in [6, 6.07) is 4.86. The molecule has 0 fully saturated rings. The Morgan fingerprint density at radius 2 is 1.95 bits per heavy atom. The summed E-state index contributed by atoms with van der Waals surface area (Å²) in [5.74, 6) is -0.625. The van der Waals surface area contributed by atoms with Crippen LogP contribution in [0.15, 0.2) is 18.2 Å². The maximum absolute atomic E-state index is 11.8. The van der Waals surface area contributed by atoms with Crippen LogP contribution in [0.2, 0.25) is 0 Å². The van der Waals surface area contributed by atoms with Crippen LogP contribution in [0.3, 0.4) is 0 Å². The highest BCUT2D eigenvalue weighted by Gasteiger charge is 2.21. The van der Waals surface area contributed by atoms with Crippen LogP contribution in [0.4, 0.5) is 0 Å². The molecule has 1 aromatic carbocycles. The van der Waals surface area contributed by atoms with Crippen molar-refractivity contribution < 1.29 is 19.4 Å². The van der Waals surface area contributed by atoms with Crippen molar-refractivity contribution in [1.29, 1.82) is 0 Å². The molecule has 0 unspecified atom stereocenters. The molecular weight excluding hydrogens is 270 g/mol. The molecule has 2 N–H and O–H groups in total. The Morgan fingerprint density at radius 3 is 2.52 bits per heavy atom. The summed E-state index contributed by atoms with van der Waals surface area (Å²) in [5, 5.41) is 11.6. The van der Waals surface area contributed by atoms with Crippen molar-refractivity contribution in [2.75, 3.05) is 6.61 Å². The number of amides is 1. The Morgan fingerprint density at radius 1 is 1.29 bits per heavy atom. The van der Waals surface area contributed by atoms with Gasteiger partial charge < -0.3 is 15.2 Å². The number of benzene rings is 1. The number of hydrogen-bond acceptors (Lipinski definition) is 3. The summed E-state index contributed by atoms with van der Waals surface area (Å²) in [6.07, 6.45) is 0.393. The number of carbonyl (C=O) groups excluding carboxylic acids is 1. The van der Waals surface area contributed by atoms with Gasteiger partial charge in [-0.2, -0.15) is 0 Å². The van der Waals surface area contributed by atoms with Crippen molar-refractivity contribution in [3.8, 4) is 5.75 Å². The van der Waals surface area contributed by atoms with E-state index < -0.39 is 17.9 Å². The average molecular weight is 293 g/mol. The summed E-state index contributed by atoms with van der Waals surface area (Å²) >= 11 is 0. The Kier molecular flexibility index (Phi) is 6.21. The number of carboxylic acid groups (broad SMARTS) is 1. The van der Waals surface area contributed by atoms with Crippen molar-refractivity contribution in [1.82, 2.24) is 5.32 Å². The second-order valence-electron chi connectivity index (χ2n) is 5.65. The topological polar surface area (TPSA) is 75.6 Å². The Balaban J connectivity index is 2.56. The number of aliphatic carboxylic acids is 1. The van der Waals surface area contributed by atoms with E-state index in [1.807, 2.05) is 45.9 Å². The third kappa shape index (κ3) is 5.85. The van der Waals surface area contributed by atoms with Gasteiger partial charge in [-0.25, -0.2) is 4.79 Å². The highest BCUT2D eigenvalue weighted by Crippen LogP contribution is 2.18. The highest BCUT2D eigenvalue weighted by molar-refractivity contribution is 5.84. The van der Waals surface area contributed by atoms with Crippen molar-refractivity contribution in [2.45, 2.75) is 40.2 Å². The largest absolute Gasteiger partial charge is 0.483 e. The molecule has 0 aliphatic rings. The van der Waals surface area contributed by atoms with E-state index >= 15 is 0 Å². The first-order valence-electron chi connectivity index (χ1n) is 7.01. The molecule has 0 saturated carbocycles. The molecule has 21 heavy (non-hydrogen) atoms. The molecule has 5 nitrogen and oxygen atoms in total. The van der Waals surface area contributed by atoms with Gasteiger partial charge in [-0.15, -0.1) is 0 Å². The first kappa shape index (κ1) is 17.0. The van der Waals surface area contributed by atoms with Crippen LogP contribution >= 0.6 is 0 Å². The minimum atomic E-state index is -1.02. The monoisotopic (exact) mass is 293 g/mol. The fourth-order valence-electron chi connectivity index (χ4n) is 1.93. The zero-order valence-electron chi connectivity index (χ0n) is 13.0. The Labute approximate surface area is 125 Å². The molecule has 5 heteroatoms. The van der Waals surface area contributed by atoms with E-state index in [9.17, 15) is 9.59 Å². The average Bonchev–Trinajstić information content (AvgIpc) is 2.38. The fourth-order valence-corrected chi connectivity index (χ4v) is 1.93. The van der Waals surface area contributed by atoms with Gasteiger partial charge in [-0.05, 0) is 43.4 Å². The molecule has 1 amide bonds. The lowest BCUT2D eigenvalue weighted by Crippen LogP contribution is -2.43. The van der Waals surface area contributed by atoms with Gasteiger partial charge in [0.1, 0.15) is 11.8 Å². The molecule has 0 radical (unpaired) electrons.